The summed E-state index contributed by atoms with van der Waals surface area (Å²) in [6.45, 7) is 3.34. The standard InChI is InChI=1S/C16H17N3O4/c1-8-12(16(22)23-3)9(2)18-13(8)15(21)19-11-6-4-5-10(7-11)14(17)20/h4-7,18H,1-3H3,(H2,17,20)(H,19,21). The van der Waals surface area contributed by atoms with Crippen molar-refractivity contribution >= 4 is 23.5 Å². The monoisotopic (exact) mass is 315 g/mol. The number of anilines is 1. The van der Waals surface area contributed by atoms with Crippen LogP contribution in [0.1, 0.15) is 42.5 Å². The number of nitrogens with one attached hydrogen (secondary N) is 2. The Morgan fingerprint density at radius 3 is 2.52 bits per heavy atom. The van der Waals surface area contributed by atoms with E-state index in [-0.39, 0.29) is 11.3 Å². The molecule has 1 aromatic carbocycles. The minimum Gasteiger partial charge on any atom is -0.465 e. The Balaban J connectivity index is 2.30. The first-order chi connectivity index (χ1) is 10.8. The molecule has 7 heteroatoms. The summed E-state index contributed by atoms with van der Waals surface area (Å²) in [5, 5.41) is 2.66. The van der Waals surface area contributed by atoms with Crippen molar-refractivity contribution in [1.29, 1.82) is 0 Å². The number of benzene rings is 1. The number of amides is 2. The number of aryl methyl sites for hydroxylation is 1. The molecule has 2 aromatic rings. The van der Waals surface area contributed by atoms with Gasteiger partial charge in [0, 0.05) is 16.9 Å². The van der Waals surface area contributed by atoms with Crippen molar-refractivity contribution in [1.82, 2.24) is 4.98 Å². The third kappa shape index (κ3) is 3.23. The molecule has 120 valence electrons. The van der Waals surface area contributed by atoms with E-state index < -0.39 is 17.8 Å². The predicted octanol–water partition coefficient (Wildman–Crippen LogP) is 1.77. The Bertz CT molecular complexity index is 793. The fourth-order valence-corrected chi connectivity index (χ4v) is 2.33. The van der Waals surface area contributed by atoms with Gasteiger partial charge in [-0.2, -0.15) is 0 Å². The van der Waals surface area contributed by atoms with Gasteiger partial charge in [0.2, 0.25) is 5.91 Å². The largest absolute Gasteiger partial charge is 0.465 e. The number of esters is 1. The van der Waals surface area contributed by atoms with Crippen LogP contribution in [0.15, 0.2) is 24.3 Å². The summed E-state index contributed by atoms with van der Waals surface area (Å²) in [7, 11) is 1.28. The lowest BCUT2D eigenvalue weighted by atomic mass is 10.1. The summed E-state index contributed by atoms with van der Waals surface area (Å²) in [6, 6.07) is 6.28. The van der Waals surface area contributed by atoms with Crippen LogP contribution in [0.3, 0.4) is 0 Å². The summed E-state index contributed by atoms with van der Waals surface area (Å²) >= 11 is 0. The topological polar surface area (TPSA) is 114 Å². The zero-order valence-electron chi connectivity index (χ0n) is 13.0. The highest BCUT2D eigenvalue weighted by Crippen LogP contribution is 2.20. The first kappa shape index (κ1) is 16.3. The van der Waals surface area contributed by atoms with Gasteiger partial charge in [-0.15, -0.1) is 0 Å². The van der Waals surface area contributed by atoms with Crippen molar-refractivity contribution in [2.45, 2.75) is 13.8 Å². The van der Waals surface area contributed by atoms with Crippen LogP contribution in [0.5, 0.6) is 0 Å². The van der Waals surface area contributed by atoms with E-state index in [1.165, 1.54) is 13.2 Å². The number of aromatic nitrogens is 1. The SMILES string of the molecule is COC(=O)c1c(C)[nH]c(C(=O)Nc2cccc(C(N)=O)c2)c1C. The normalized spacial score (nSPS) is 10.2. The lowest BCUT2D eigenvalue weighted by Crippen LogP contribution is -2.15. The van der Waals surface area contributed by atoms with Crippen LogP contribution in [-0.2, 0) is 4.74 Å². The van der Waals surface area contributed by atoms with Crippen LogP contribution >= 0.6 is 0 Å². The molecule has 2 amide bonds. The van der Waals surface area contributed by atoms with E-state index in [9.17, 15) is 14.4 Å². The fourth-order valence-electron chi connectivity index (χ4n) is 2.33. The highest BCUT2D eigenvalue weighted by atomic mass is 16.5. The maximum absolute atomic E-state index is 12.4. The molecule has 1 heterocycles. The fraction of sp³-hybridized carbons (Fsp3) is 0.188. The predicted molar refractivity (Wildman–Crippen MR) is 84.5 cm³/mol. The van der Waals surface area contributed by atoms with E-state index in [0.717, 1.165) is 0 Å². The van der Waals surface area contributed by atoms with Crippen molar-refractivity contribution in [3.63, 3.8) is 0 Å². The molecule has 0 aliphatic carbocycles. The van der Waals surface area contributed by atoms with Gasteiger partial charge in [-0.1, -0.05) is 6.07 Å². The number of H-pyrrole nitrogens is 1. The van der Waals surface area contributed by atoms with Crippen molar-refractivity contribution in [3.8, 4) is 0 Å². The average Bonchev–Trinajstić information content (AvgIpc) is 2.81. The number of primary amides is 1. The Hall–Kier alpha value is -3.09. The number of carbonyl (C=O) groups is 3. The molecular weight excluding hydrogens is 298 g/mol. The number of hydrogen-bond donors (Lipinski definition) is 3. The van der Waals surface area contributed by atoms with Gasteiger partial charge in [0.25, 0.3) is 5.91 Å². The van der Waals surface area contributed by atoms with E-state index in [4.69, 9.17) is 10.5 Å². The van der Waals surface area contributed by atoms with Gasteiger partial charge in [-0.3, -0.25) is 9.59 Å². The molecule has 4 N–H and O–H groups in total. The van der Waals surface area contributed by atoms with Crippen molar-refractivity contribution in [3.05, 3.63) is 52.3 Å². The van der Waals surface area contributed by atoms with E-state index >= 15 is 0 Å². The summed E-state index contributed by atoms with van der Waals surface area (Å²) in [4.78, 5) is 38.2. The van der Waals surface area contributed by atoms with E-state index in [2.05, 4.69) is 10.3 Å². The van der Waals surface area contributed by atoms with Gasteiger partial charge in [-0.05, 0) is 37.6 Å². The zero-order chi connectivity index (χ0) is 17.1. The lowest BCUT2D eigenvalue weighted by Gasteiger charge is -2.06. The third-order valence-electron chi connectivity index (χ3n) is 3.46. The summed E-state index contributed by atoms with van der Waals surface area (Å²) < 4.78 is 4.71. The highest BCUT2D eigenvalue weighted by Gasteiger charge is 2.22. The third-order valence-corrected chi connectivity index (χ3v) is 3.46. The maximum Gasteiger partial charge on any atom is 0.339 e. The van der Waals surface area contributed by atoms with E-state index in [1.807, 2.05) is 0 Å². The number of aromatic amines is 1. The van der Waals surface area contributed by atoms with Crippen LogP contribution in [0, 0.1) is 13.8 Å². The van der Waals surface area contributed by atoms with Crippen LogP contribution in [0.4, 0.5) is 5.69 Å². The molecule has 0 fully saturated rings. The highest BCUT2D eigenvalue weighted by molar-refractivity contribution is 6.07. The second kappa shape index (κ2) is 6.35. The quantitative estimate of drug-likeness (QED) is 0.746. The first-order valence-corrected chi connectivity index (χ1v) is 6.83. The van der Waals surface area contributed by atoms with Crippen LogP contribution < -0.4 is 11.1 Å². The van der Waals surface area contributed by atoms with E-state index in [1.54, 1.807) is 32.0 Å². The smallest absolute Gasteiger partial charge is 0.339 e. The number of rotatable bonds is 4. The van der Waals surface area contributed by atoms with Crippen LogP contribution in [0.2, 0.25) is 0 Å². The summed E-state index contributed by atoms with van der Waals surface area (Å²) in [6.07, 6.45) is 0. The molecule has 0 aliphatic heterocycles. The van der Waals surface area contributed by atoms with Crippen LogP contribution in [0.25, 0.3) is 0 Å². The minimum atomic E-state index is -0.582. The van der Waals surface area contributed by atoms with Gasteiger partial charge < -0.3 is 20.8 Å². The molecular formula is C16H17N3O4. The Morgan fingerprint density at radius 2 is 1.91 bits per heavy atom. The molecule has 0 spiro atoms. The molecule has 0 atom stereocenters. The van der Waals surface area contributed by atoms with Crippen molar-refractivity contribution < 1.29 is 19.1 Å². The molecule has 7 nitrogen and oxygen atoms in total. The summed E-state index contributed by atoms with van der Waals surface area (Å²) in [5.74, 6) is -1.52. The lowest BCUT2D eigenvalue weighted by molar-refractivity contribution is 0.0599. The number of carbonyl (C=O) groups excluding carboxylic acids is 3. The van der Waals surface area contributed by atoms with Gasteiger partial charge in [0.05, 0.1) is 12.7 Å². The molecule has 0 saturated heterocycles. The number of methoxy groups -OCH3 is 1. The van der Waals surface area contributed by atoms with Gasteiger partial charge in [-0.25, -0.2) is 4.79 Å². The number of nitrogens with two attached hydrogens (primary N) is 1. The number of ether oxygens (including phenoxy) is 1. The second-order valence-corrected chi connectivity index (χ2v) is 5.02. The Morgan fingerprint density at radius 1 is 1.22 bits per heavy atom. The minimum absolute atomic E-state index is 0.257. The molecule has 0 radical (unpaired) electrons. The van der Waals surface area contributed by atoms with Crippen molar-refractivity contribution in [2.24, 2.45) is 5.73 Å². The second-order valence-electron chi connectivity index (χ2n) is 5.02. The van der Waals surface area contributed by atoms with Gasteiger partial charge >= 0.3 is 5.97 Å². The molecule has 2 rings (SSSR count). The summed E-state index contributed by atoms with van der Waals surface area (Å²) in [5.41, 5.74) is 7.57. The van der Waals surface area contributed by atoms with E-state index in [0.29, 0.717) is 22.5 Å². The van der Waals surface area contributed by atoms with Crippen LogP contribution in [-0.4, -0.2) is 29.9 Å². The Labute approximate surface area is 132 Å². The Kier molecular flexibility index (Phi) is 4.49. The molecule has 0 unspecified atom stereocenters. The zero-order valence-corrected chi connectivity index (χ0v) is 13.0. The molecule has 23 heavy (non-hydrogen) atoms. The van der Waals surface area contributed by atoms with Gasteiger partial charge in [0.15, 0.2) is 0 Å². The molecule has 0 aliphatic rings. The molecule has 0 saturated carbocycles. The first-order valence-electron chi connectivity index (χ1n) is 6.83. The average molecular weight is 315 g/mol. The van der Waals surface area contributed by atoms with Crippen molar-refractivity contribution in [2.75, 3.05) is 12.4 Å². The molecule has 0 bridgehead atoms. The van der Waals surface area contributed by atoms with Gasteiger partial charge in [0.1, 0.15) is 5.69 Å². The number of hydrogen-bond acceptors (Lipinski definition) is 4. The maximum atomic E-state index is 12.4. The molecule has 1 aromatic heterocycles.